The molecule has 0 aliphatic carbocycles. The summed E-state index contributed by atoms with van der Waals surface area (Å²) in [5.41, 5.74) is 0.822. The van der Waals surface area contributed by atoms with Crippen molar-refractivity contribution in [3.63, 3.8) is 0 Å². The number of hydrogen-bond acceptors (Lipinski definition) is 6. The van der Waals surface area contributed by atoms with E-state index in [1.54, 1.807) is 11.0 Å². The molecule has 0 aromatic carbocycles. The second kappa shape index (κ2) is 6.77. The maximum Gasteiger partial charge on any atom is 0.272 e. The second-order valence-electron chi connectivity index (χ2n) is 5.69. The average Bonchev–Trinajstić information content (AvgIpc) is 2.71. The molecule has 0 bridgehead atoms. The fraction of sp³-hybridized carbons (Fsp3) is 0.500. The summed E-state index contributed by atoms with van der Waals surface area (Å²) in [6.07, 6.45) is 3.46. The van der Waals surface area contributed by atoms with Crippen LogP contribution in [0.3, 0.4) is 0 Å². The van der Waals surface area contributed by atoms with Crippen LogP contribution in [-0.2, 0) is 20.5 Å². The third-order valence-corrected chi connectivity index (χ3v) is 4.98. The molecule has 10 heteroatoms. The van der Waals surface area contributed by atoms with Crippen molar-refractivity contribution in [2.75, 3.05) is 32.6 Å². The predicted octanol–water partition coefficient (Wildman–Crippen LogP) is 1.06. The molecule has 0 spiro atoms. The van der Waals surface area contributed by atoms with E-state index in [0.717, 1.165) is 12.7 Å². The third-order valence-electron chi connectivity index (χ3n) is 3.68. The van der Waals surface area contributed by atoms with E-state index in [1.807, 2.05) is 0 Å². The van der Waals surface area contributed by atoms with E-state index in [4.69, 9.17) is 4.74 Å². The van der Waals surface area contributed by atoms with Crippen LogP contribution in [0.5, 0.6) is 0 Å². The van der Waals surface area contributed by atoms with Crippen molar-refractivity contribution in [1.29, 1.82) is 0 Å². The lowest BCUT2D eigenvalue weighted by Gasteiger charge is -2.19. The molecule has 8 nitrogen and oxygen atoms in total. The van der Waals surface area contributed by atoms with Crippen LogP contribution < -0.4 is 0 Å². The zero-order valence-electron chi connectivity index (χ0n) is 13.1. The summed E-state index contributed by atoms with van der Waals surface area (Å²) in [5.74, 6) is -0.449. The molecular weight excluding hydrogens is 400 g/mol. The quantitative estimate of drug-likeness (QED) is 0.742. The number of hydrogen-bond donors (Lipinski definition) is 0. The Bertz CT molecular complexity index is 872. The summed E-state index contributed by atoms with van der Waals surface area (Å²) in [4.78, 5) is 18.6. The van der Waals surface area contributed by atoms with E-state index < -0.39 is 9.84 Å². The minimum Gasteiger partial charge on any atom is -0.380 e. The first kappa shape index (κ1) is 17.3. The lowest BCUT2D eigenvalue weighted by molar-refractivity contribution is 0.0735. The number of amides is 1. The van der Waals surface area contributed by atoms with E-state index in [-0.39, 0.29) is 17.5 Å². The monoisotopic (exact) mass is 416 g/mol. The van der Waals surface area contributed by atoms with Crippen molar-refractivity contribution in [2.24, 2.45) is 0 Å². The number of sulfone groups is 1. The minimum absolute atomic E-state index is 0.189. The lowest BCUT2D eigenvalue weighted by Crippen LogP contribution is -2.33. The minimum atomic E-state index is -3.27. The van der Waals surface area contributed by atoms with Crippen molar-refractivity contribution in [3.8, 4) is 0 Å². The van der Waals surface area contributed by atoms with E-state index >= 15 is 0 Å². The van der Waals surface area contributed by atoms with Gasteiger partial charge < -0.3 is 9.64 Å². The molecule has 1 saturated heterocycles. The highest BCUT2D eigenvalue weighted by molar-refractivity contribution is 9.10. The maximum atomic E-state index is 12.6. The van der Waals surface area contributed by atoms with Gasteiger partial charge in [0.25, 0.3) is 5.91 Å². The Morgan fingerprint density at radius 1 is 1.38 bits per heavy atom. The first-order valence-corrected chi connectivity index (χ1v) is 10.3. The van der Waals surface area contributed by atoms with E-state index in [1.165, 1.54) is 10.9 Å². The van der Waals surface area contributed by atoms with E-state index in [2.05, 4.69) is 26.0 Å². The molecular formula is C14H17BrN4O4S. The molecule has 3 heterocycles. The Morgan fingerprint density at radius 2 is 2.17 bits per heavy atom. The van der Waals surface area contributed by atoms with Gasteiger partial charge in [-0.05, 0) is 28.4 Å². The molecule has 0 atom stereocenters. The normalized spacial score (nSPS) is 16.3. The fourth-order valence-electron chi connectivity index (χ4n) is 2.58. The number of rotatable bonds is 3. The van der Waals surface area contributed by atoms with Gasteiger partial charge in [-0.15, -0.1) is 0 Å². The van der Waals surface area contributed by atoms with Crippen molar-refractivity contribution in [1.82, 2.24) is 19.7 Å². The van der Waals surface area contributed by atoms with Gasteiger partial charge in [0.05, 0.1) is 17.5 Å². The molecule has 1 fully saturated rings. The molecule has 130 valence electrons. The fourth-order valence-corrected chi connectivity index (χ4v) is 3.72. The SMILES string of the molecule is CS(=O)(=O)Cn1nc(Br)c2cnc(C(=O)N3CCCOCC3)cc21. The molecule has 24 heavy (non-hydrogen) atoms. The van der Waals surface area contributed by atoms with Crippen LogP contribution in [0.4, 0.5) is 0 Å². The zero-order valence-corrected chi connectivity index (χ0v) is 15.5. The standard InChI is InChI=1S/C14H17BrN4O4S/c1-24(21,22)9-19-12-7-11(16-8-10(12)13(15)17-19)14(20)18-3-2-5-23-6-4-18/h7-8H,2-6,9H2,1H3. The summed E-state index contributed by atoms with van der Waals surface area (Å²) in [5, 5.41) is 4.83. The Kier molecular flexibility index (Phi) is 4.88. The van der Waals surface area contributed by atoms with Gasteiger partial charge in [0.2, 0.25) is 0 Å². The summed E-state index contributed by atoms with van der Waals surface area (Å²) in [6, 6.07) is 1.59. The highest BCUT2D eigenvalue weighted by atomic mass is 79.9. The smallest absolute Gasteiger partial charge is 0.272 e. The predicted molar refractivity (Wildman–Crippen MR) is 91.4 cm³/mol. The maximum absolute atomic E-state index is 12.6. The Morgan fingerprint density at radius 3 is 2.92 bits per heavy atom. The van der Waals surface area contributed by atoms with Crippen molar-refractivity contribution in [2.45, 2.75) is 12.3 Å². The number of halogens is 1. The van der Waals surface area contributed by atoms with Crippen LogP contribution in [0.1, 0.15) is 16.9 Å². The number of aromatic nitrogens is 3. The van der Waals surface area contributed by atoms with Gasteiger partial charge >= 0.3 is 0 Å². The van der Waals surface area contributed by atoms with Gasteiger partial charge in [-0.2, -0.15) is 5.10 Å². The van der Waals surface area contributed by atoms with Crippen molar-refractivity contribution >= 4 is 42.6 Å². The van der Waals surface area contributed by atoms with E-state index in [9.17, 15) is 13.2 Å². The van der Waals surface area contributed by atoms with Crippen LogP contribution in [0.2, 0.25) is 0 Å². The van der Waals surface area contributed by atoms with E-state index in [0.29, 0.717) is 41.8 Å². The molecule has 0 radical (unpaired) electrons. The number of carbonyl (C=O) groups is 1. The molecule has 1 aliphatic rings. The molecule has 1 amide bonds. The van der Waals surface area contributed by atoms with Crippen molar-refractivity contribution < 1.29 is 17.9 Å². The molecule has 2 aromatic heterocycles. The zero-order chi connectivity index (χ0) is 17.3. The van der Waals surface area contributed by atoms with Gasteiger partial charge in [-0.3, -0.25) is 9.78 Å². The number of carbonyl (C=O) groups excluding carboxylic acids is 1. The number of ether oxygens (including phenoxy) is 1. The summed E-state index contributed by atoms with van der Waals surface area (Å²) >= 11 is 3.30. The number of nitrogens with zero attached hydrogens (tertiary/aromatic N) is 4. The summed E-state index contributed by atoms with van der Waals surface area (Å²) in [7, 11) is -3.27. The first-order chi connectivity index (χ1) is 11.3. The first-order valence-electron chi connectivity index (χ1n) is 7.42. The molecule has 0 saturated carbocycles. The van der Waals surface area contributed by atoms with Gasteiger partial charge in [0, 0.05) is 32.1 Å². The highest BCUT2D eigenvalue weighted by Crippen LogP contribution is 2.24. The van der Waals surface area contributed by atoms with Gasteiger partial charge in [0.15, 0.2) is 9.84 Å². The summed E-state index contributed by atoms with van der Waals surface area (Å²) in [6.45, 7) is 2.28. The molecule has 0 unspecified atom stereocenters. The van der Waals surface area contributed by atoms with Crippen LogP contribution >= 0.6 is 15.9 Å². The molecule has 1 aliphatic heterocycles. The summed E-state index contributed by atoms with van der Waals surface area (Å²) < 4.78 is 30.4. The van der Waals surface area contributed by atoms with Gasteiger partial charge in [-0.1, -0.05) is 0 Å². The number of pyridine rings is 1. The third kappa shape index (κ3) is 3.76. The topological polar surface area (TPSA) is 94.4 Å². The van der Waals surface area contributed by atoms with Gasteiger partial charge in [0.1, 0.15) is 16.2 Å². The lowest BCUT2D eigenvalue weighted by atomic mass is 10.2. The largest absolute Gasteiger partial charge is 0.380 e. The average molecular weight is 417 g/mol. The van der Waals surface area contributed by atoms with Gasteiger partial charge in [-0.25, -0.2) is 13.1 Å². The molecule has 0 N–H and O–H groups in total. The van der Waals surface area contributed by atoms with Crippen LogP contribution in [0.25, 0.3) is 10.9 Å². The van der Waals surface area contributed by atoms with Crippen LogP contribution in [-0.4, -0.2) is 66.5 Å². The Labute approximate surface area is 147 Å². The highest BCUT2D eigenvalue weighted by Gasteiger charge is 2.21. The molecule has 3 rings (SSSR count). The molecule has 2 aromatic rings. The Balaban J connectivity index is 1.97. The number of fused-ring (bicyclic) bond motifs is 1. The van der Waals surface area contributed by atoms with Crippen molar-refractivity contribution in [3.05, 3.63) is 22.6 Å². The van der Waals surface area contributed by atoms with Crippen LogP contribution in [0.15, 0.2) is 16.9 Å². The van der Waals surface area contributed by atoms with Crippen LogP contribution in [0, 0.1) is 0 Å². The second-order valence-corrected chi connectivity index (χ2v) is 8.55. The Hall–Kier alpha value is -1.52.